The first kappa shape index (κ1) is 21.6. The average molecular weight is 411 g/mol. The number of aliphatic carboxylic acids is 1. The second-order valence-corrected chi connectivity index (χ2v) is 8.06. The van der Waals surface area contributed by atoms with Crippen LogP contribution in [-0.4, -0.2) is 32.9 Å². The molecule has 0 spiro atoms. The lowest BCUT2D eigenvalue weighted by molar-refractivity contribution is -0.555. The number of carbonyl (C=O) groups excluding carboxylic acids is 1. The van der Waals surface area contributed by atoms with E-state index >= 15 is 0 Å². The van der Waals surface area contributed by atoms with Gasteiger partial charge in [0.05, 0.1) is 5.41 Å². The Labute approximate surface area is 174 Å². The molecule has 1 saturated carbocycles. The van der Waals surface area contributed by atoms with E-state index in [-0.39, 0.29) is 12.0 Å². The van der Waals surface area contributed by atoms with Crippen LogP contribution >= 0.6 is 0 Å². The fourth-order valence-corrected chi connectivity index (χ4v) is 5.63. The van der Waals surface area contributed by atoms with Gasteiger partial charge in [0.2, 0.25) is 0 Å². The Bertz CT molecular complexity index is 990. The van der Waals surface area contributed by atoms with E-state index in [9.17, 15) is 29.9 Å². The summed E-state index contributed by atoms with van der Waals surface area (Å²) < 4.78 is 0. The first-order valence-corrected chi connectivity index (χ1v) is 9.81. The van der Waals surface area contributed by atoms with Crippen molar-refractivity contribution in [2.24, 2.45) is 5.41 Å². The lowest BCUT2D eigenvalue weighted by atomic mass is 9.56. The topological polar surface area (TPSA) is 118 Å². The highest BCUT2D eigenvalue weighted by Crippen LogP contribution is 2.64. The van der Waals surface area contributed by atoms with Gasteiger partial charge < -0.3 is 10.2 Å². The number of aryl methyl sites for hydroxylation is 1. The second kappa shape index (κ2) is 7.32. The van der Waals surface area contributed by atoms with Crippen LogP contribution in [0.2, 0.25) is 0 Å². The number of carboxylic acids is 1. The summed E-state index contributed by atoms with van der Waals surface area (Å²) in [5, 5.41) is 34.7. The van der Waals surface area contributed by atoms with Crippen molar-refractivity contribution in [1.29, 1.82) is 0 Å². The van der Waals surface area contributed by atoms with Gasteiger partial charge in [0.25, 0.3) is 6.04 Å². The lowest BCUT2D eigenvalue weighted by Crippen LogP contribution is -2.59. The maximum atomic E-state index is 13.0. The third-order valence-corrected chi connectivity index (χ3v) is 6.85. The molecule has 1 aliphatic carbocycles. The Morgan fingerprint density at radius 3 is 2.17 bits per heavy atom. The smallest absolute Gasteiger partial charge is 0.318 e. The summed E-state index contributed by atoms with van der Waals surface area (Å²) in [5.74, 6) is -2.17. The minimum absolute atomic E-state index is 0.00940. The van der Waals surface area contributed by atoms with E-state index < -0.39 is 45.6 Å². The number of hydrogen-bond acceptors (Lipinski definition) is 5. The molecular weight excluding hydrogens is 386 g/mol. The molecule has 7 heteroatoms. The highest BCUT2D eigenvalue weighted by Gasteiger charge is 2.80. The summed E-state index contributed by atoms with van der Waals surface area (Å²) in [6, 6.07) is 13.1. The molecule has 1 fully saturated rings. The molecule has 0 bridgehead atoms. The van der Waals surface area contributed by atoms with Crippen molar-refractivity contribution in [1.82, 2.24) is 0 Å². The van der Waals surface area contributed by atoms with Gasteiger partial charge in [-0.2, -0.15) is 0 Å². The number of benzene rings is 2. The zero-order valence-electron chi connectivity index (χ0n) is 17.2. The van der Waals surface area contributed by atoms with Gasteiger partial charge >= 0.3 is 5.97 Å². The quantitative estimate of drug-likeness (QED) is 0.428. The second-order valence-electron chi connectivity index (χ2n) is 8.06. The van der Waals surface area contributed by atoms with E-state index in [1.54, 1.807) is 56.3 Å². The van der Waals surface area contributed by atoms with Crippen LogP contribution in [0.5, 0.6) is 0 Å². The Morgan fingerprint density at radius 2 is 1.70 bits per heavy atom. The predicted molar refractivity (Wildman–Crippen MR) is 110 cm³/mol. The monoisotopic (exact) mass is 411 g/mol. The maximum absolute atomic E-state index is 13.0. The number of nitro groups is 1. The summed E-state index contributed by atoms with van der Waals surface area (Å²) in [7, 11) is 0. The largest absolute Gasteiger partial charge is 0.480 e. The van der Waals surface area contributed by atoms with E-state index in [2.05, 4.69) is 0 Å². The molecule has 0 radical (unpaired) electrons. The highest BCUT2D eigenvalue weighted by molar-refractivity contribution is 6.05. The van der Waals surface area contributed by atoms with E-state index in [0.29, 0.717) is 11.1 Å². The van der Waals surface area contributed by atoms with Crippen LogP contribution < -0.4 is 0 Å². The Hall–Kier alpha value is -3.06. The molecule has 0 aliphatic heterocycles. The van der Waals surface area contributed by atoms with Crippen molar-refractivity contribution in [3.05, 3.63) is 81.4 Å². The normalized spacial score (nSPS) is 30.7. The van der Waals surface area contributed by atoms with E-state index in [0.717, 1.165) is 6.92 Å². The van der Waals surface area contributed by atoms with Gasteiger partial charge in [-0.3, -0.25) is 19.7 Å². The summed E-state index contributed by atoms with van der Waals surface area (Å²) in [5.41, 5.74) is -4.80. The summed E-state index contributed by atoms with van der Waals surface area (Å²) in [4.78, 5) is 37.7. The number of carboxylic acid groups (broad SMARTS) is 1. The average Bonchev–Trinajstić information content (AvgIpc) is 2.97. The zero-order chi connectivity index (χ0) is 22.3. The molecule has 0 saturated heterocycles. The summed E-state index contributed by atoms with van der Waals surface area (Å²) >= 11 is 0. The van der Waals surface area contributed by atoms with Crippen molar-refractivity contribution in [3.8, 4) is 0 Å². The van der Waals surface area contributed by atoms with Crippen molar-refractivity contribution in [2.75, 3.05) is 0 Å². The number of hydrogen-bond donors (Lipinski definition) is 2. The molecule has 1 aliphatic rings. The van der Waals surface area contributed by atoms with Gasteiger partial charge in [-0.25, -0.2) is 0 Å². The van der Waals surface area contributed by atoms with Crippen LogP contribution in [0, 0.1) is 22.5 Å². The van der Waals surface area contributed by atoms with Gasteiger partial charge in [0, 0.05) is 11.3 Å². The number of carbonyl (C=O) groups is 2. The van der Waals surface area contributed by atoms with Crippen molar-refractivity contribution >= 4 is 11.8 Å². The van der Waals surface area contributed by atoms with Gasteiger partial charge in [0.15, 0.2) is 5.60 Å². The maximum Gasteiger partial charge on any atom is 0.318 e. The minimum Gasteiger partial charge on any atom is -0.480 e. The van der Waals surface area contributed by atoms with Crippen LogP contribution in [0.1, 0.15) is 43.4 Å². The molecule has 3 rings (SSSR count). The first-order chi connectivity index (χ1) is 14.1. The van der Waals surface area contributed by atoms with Gasteiger partial charge in [-0.05, 0) is 37.0 Å². The highest BCUT2D eigenvalue weighted by atomic mass is 16.6. The molecule has 2 aromatic carbocycles. The van der Waals surface area contributed by atoms with E-state index in [4.69, 9.17) is 0 Å². The molecular formula is C23H25NO6. The summed E-state index contributed by atoms with van der Waals surface area (Å²) in [6.45, 7) is 4.52. The molecule has 4 atom stereocenters. The molecule has 0 amide bonds. The molecule has 7 nitrogen and oxygen atoms in total. The lowest BCUT2D eigenvalue weighted by Gasteiger charge is -2.42. The van der Waals surface area contributed by atoms with E-state index in [1.807, 2.05) is 0 Å². The Balaban J connectivity index is 2.52. The van der Waals surface area contributed by atoms with Crippen molar-refractivity contribution in [2.45, 2.75) is 50.7 Å². The third kappa shape index (κ3) is 2.61. The van der Waals surface area contributed by atoms with E-state index in [1.165, 1.54) is 12.1 Å². The van der Waals surface area contributed by atoms with Gasteiger partial charge in [-0.1, -0.05) is 61.5 Å². The third-order valence-electron chi connectivity index (χ3n) is 6.85. The standard InChI is InChI=1S/C23H25NO6/c1-4-21(18-13-9-8-10-15(18)2)19(24(29)30)23(28,17-11-6-5-7-12-17)14-22(21,16(3)25)20(26)27/h5-13,19,28H,4,14H2,1-3H3,(H,26,27)/t19-,21-,22+,23-/m0/s1. The molecule has 2 aromatic rings. The molecule has 158 valence electrons. The van der Waals surface area contributed by atoms with Crippen molar-refractivity contribution < 1.29 is 24.7 Å². The van der Waals surface area contributed by atoms with Crippen LogP contribution in [0.15, 0.2) is 54.6 Å². The van der Waals surface area contributed by atoms with Gasteiger partial charge in [0.1, 0.15) is 11.2 Å². The zero-order valence-corrected chi connectivity index (χ0v) is 17.2. The van der Waals surface area contributed by atoms with Crippen LogP contribution in [-0.2, 0) is 20.6 Å². The number of Topliss-reactive ketones (excluding diaryl/α,β-unsaturated/α-hetero) is 1. The summed E-state index contributed by atoms with van der Waals surface area (Å²) in [6.07, 6.45) is -0.590. The van der Waals surface area contributed by atoms with Crippen LogP contribution in [0.25, 0.3) is 0 Å². The van der Waals surface area contributed by atoms with Gasteiger partial charge in [-0.15, -0.1) is 0 Å². The number of rotatable bonds is 6. The fraction of sp³-hybridized carbons (Fsp3) is 0.391. The Kier molecular flexibility index (Phi) is 5.28. The predicted octanol–water partition coefficient (Wildman–Crippen LogP) is 3.24. The number of ketones is 1. The number of aliphatic hydroxyl groups is 1. The van der Waals surface area contributed by atoms with Crippen molar-refractivity contribution in [3.63, 3.8) is 0 Å². The molecule has 0 unspecified atom stereocenters. The molecule has 0 heterocycles. The fourth-order valence-electron chi connectivity index (χ4n) is 5.63. The Morgan fingerprint density at radius 1 is 1.13 bits per heavy atom. The van der Waals surface area contributed by atoms with Crippen LogP contribution in [0.4, 0.5) is 0 Å². The molecule has 2 N–H and O–H groups in total. The molecule has 30 heavy (non-hydrogen) atoms. The minimum atomic E-state index is -2.17. The van der Waals surface area contributed by atoms with Crippen LogP contribution in [0.3, 0.4) is 0 Å². The number of nitrogens with zero attached hydrogens (tertiary/aromatic N) is 1. The first-order valence-electron chi connectivity index (χ1n) is 9.81. The SMILES string of the molecule is CC[C@]1(c2ccccc2C)[C@H]([N+](=O)[O-])[C@@](O)(c2ccccc2)C[C@@]1(C(C)=O)C(=O)O. The molecule has 0 aromatic heterocycles.